The van der Waals surface area contributed by atoms with Gasteiger partial charge in [0.2, 0.25) is 0 Å². The fourth-order valence-electron chi connectivity index (χ4n) is 5.10. The van der Waals surface area contributed by atoms with Gasteiger partial charge in [0.1, 0.15) is 13.2 Å². The molecule has 0 unspecified atom stereocenters. The van der Waals surface area contributed by atoms with E-state index >= 15 is 0 Å². The van der Waals surface area contributed by atoms with Crippen LogP contribution in [-0.4, -0.2) is 28.7 Å². The van der Waals surface area contributed by atoms with Crippen LogP contribution in [0.2, 0.25) is 0 Å². The number of hydrogen-bond acceptors (Lipinski definition) is 4. The van der Waals surface area contributed by atoms with E-state index in [2.05, 4.69) is 48.2 Å². The van der Waals surface area contributed by atoms with Crippen molar-refractivity contribution in [2.75, 3.05) is 6.54 Å². The smallest absolute Gasteiger partial charge is 0.162 e. The van der Waals surface area contributed by atoms with Crippen molar-refractivity contribution in [2.24, 2.45) is 0 Å². The fraction of sp³-hybridized carbons (Fsp3) is 0.357. The molecule has 32 heavy (non-hydrogen) atoms. The Kier molecular flexibility index (Phi) is 6.15. The molecule has 0 bridgehead atoms. The zero-order valence-electron chi connectivity index (χ0n) is 18.6. The molecule has 0 aromatic heterocycles. The lowest BCUT2D eigenvalue weighted by molar-refractivity contribution is 0.000926. The topological polar surface area (TPSA) is 41.9 Å². The lowest BCUT2D eigenvalue weighted by Crippen LogP contribution is -2.48. The van der Waals surface area contributed by atoms with Crippen LogP contribution < -0.4 is 9.47 Å². The van der Waals surface area contributed by atoms with E-state index in [0.717, 1.165) is 48.4 Å². The number of aliphatic hydroxyl groups excluding tert-OH is 1. The molecule has 1 N–H and O–H groups in total. The number of aliphatic hydroxyl groups is 1. The summed E-state index contributed by atoms with van der Waals surface area (Å²) in [4.78, 5) is 2.54. The SMILES string of the molecule is C[C@@H]1C[C@H](O)C[C@H]2c3cc(OCc4ccccc4)c(OCc4ccccc4)cc3CCN12. The fourth-order valence-corrected chi connectivity index (χ4v) is 5.10. The highest BCUT2D eigenvalue weighted by Gasteiger charge is 2.37. The molecule has 4 nitrogen and oxygen atoms in total. The number of hydrogen-bond donors (Lipinski definition) is 1. The molecular formula is C28H31NO3. The van der Waals surface area contributed by atoms with E-state index in [1.807, 2.05) is 36.4 Å². The maximum atomic E-state index is 10.4. The Morgan fingerprint density at radius 2 is 1.44 bits per heavy atom. The first kappa shape index (κ1) is 21.0. The first-order valence-corrected chi connectivity index (χ1v) is 11.6. The van der Waals surface area contributed by atoms with Gasteiger partial charge < -0.3 is 14.6 Å². The van der Waals surface area contributed by atoms with E-state index < -0.39 is 0 Å². The third-order valence-electron chi connectivity index (χ3n) is 6.75. The summed E-state index contributed by atoms with van der Waals surface area (Å²) in [6, 6.07) is 25.4. The van der Waals surface area contributed by atoms with Crippen LogP contribution in [0.4, 0.5) is 0 Å². The van der Waals surface area contributed by atoms with E-state index in [-0.39, 0.29) is 12.1 Å². The molecule has 1 fully saturated rings. The number of benzene rings is 3. The van der Waals surface area contributed by atoms with Crippen LogP contribution in [0.5, 0.6) is 11.5 Å². The van der Waals surface area contributed by atoms with Gasteiger partial charge in [-0.05, 0) is 60.6 Å². The third-order valence-corrected chi connectivity index (χ3v) is 6.75. The molecule has 0 aliphatic carbocycles. The minimum atomic E-state index is -0.250. The van der Waals surface area contributed by atoms with Crippen molar-refractivity contribution < 1.29 is 14.6 Å². The molecule has 4 heteroatoms. The van der Waals surface area contributed by atoms with Crippen LogP contribution in [0.3, 0.4) is 0 Å². The average molecular weight is 430 g/mol. The molecule has 3 aromatic rings. The molecule has 5 rings (SSSR count). The van der Waals surface area contributed by atoms with Crippen LogP contribution in [0.15, 0.2) is 72.8 Å². The summed E-state index contributed by atoms with van der Waals surface area (Å²) in [6.07, 6.45) is 2.37. The summed E-state index contributed by atoms with van der Waals surface area (Å²) in [5.41, 5.74) is 4.84. The van der Waals surface area contributed by atoms with Gasteiger partial charge in [0, 0.05) is 18.6 Å². The summed E-state index contributed by atoms with van der Waals surface area (Å²) in [7, 11) is 0. The van der Waals surface area contributed by atoms with Crippen molar-refractivity contribution in [3.63, 3.8) is 0 Å². The molecule has 3 atom stereocenters. The first-order valence-electron chi connectivity index (χ1n) is 11.6. The maximum absolute atomic E-state index is 10.4. The first-order chi connectivity index (χ1) is 15.7. The van der Waals surface area contributed by atoms with Crippen molar-refractivity contribution in [3.05, 3.63) is 95.1 Å². The minimum Gasteiger partial charge on any atom is -0.485 e. The number of piperidine rings is 1. The Bertz CT molecular complexity index is 1040. The lowest BCUT2D eigenvalue weighted by Gasteiger charge is -2.46. The van der Waals surface area contributed by atoms with E-state index in [0.29, 0.717) is 19.3 Å². The summed E-state index contributed by atoms with van der Waals surface area (Å²) < 4.78 is 12.6. The highest BCUT2D eigenvalue weighted by Crippen LogP contribution is 2.43. The molecule has 2 aliphatic heterocycles. The molecule has 0 saturated carbocycles. The summed E-state index contributed by atoms with van der Waals surface area (Å²) >= 11 is 0. The molecule has 0 radical (unpaired) electrons. The van der Waals surface area contributed by atoms with E-state index in [1.165, 1.54) is 11.1 Å². The second-order valence-corrected chi connectivity index (χ2v) is 9.02. The number of rotatable bonds is 6. The number of fused-ring (bicyclic) bond motifs is 3. The van der Waals surface area contributed by atoms with E-state index in [1.54, 1.807) is 0 Å². The standard InChI is InChI=1S/C28H31NO3/c1-20-14-24(30)16-26-25-17-28(32-19-22-10-6-3-7-11-22)27(15-23(25)12-13-29(20)26)31-18-21-8-4-2-5-9-21/h2-11,15,17,20,24,26,30H,12-14,16,18-19H2,1H3/t20-,24+,26+/m1/s1. The summed E-state index contributed by atoms with van der Waals surface area (Å²) in [5.74, 6) is 1.57. The predicted molar refractivity (Wildman–Crippen MR) is 126 cm³/mol. The molecule has 1 saturated heterocycles. The largest absolute Gasteiger partial charge is 0.485 e. The molecule has 3 aromatic carbocycles. The predicted octanol–water partition coefficient (Wildman–Crippen LogP) is 5.29. The van der Waals surface area contributed by atoms with Gasteiger partial charge >= 0.3 is 0 Å². The van der Waals surface area contributed by atoms with Crippen LogP contribution >= 0.6 is 0 Å². The van der Waals surface area contributed by atoms with E-state index in [4.69, 9.17) is 9.47 Å². The van der Waals surface area contributed by atoms with Crippen molar-refractivity contribution in [1.82, 2.24) is 4.90 Å². The Hall–Kier alpha value is -2.82. The Labute approximate surface area is 190 Å². The molecule has 2 heterocycles. The zero-order valence-corrected chi connectivity index (χ0v) is 18.6. The Balaban J connectivity index is 1.45. The highest BCUT2D eigenvalue weighted by atomic mass is 16.5. The normalized spacial score (nSPS) is 22.6. The summed E-state index contributed by atoms with van der Waals surface area (Å²) in [5, 5.41) is 10.4. The van der Waals surface area contributed by atoms with Gasteiger partial charge in [0.15, 0.2) is 11.5 Å². The molecule has 0 amide bonds. The van der Waals surface area contributed by atoms with Gasteiger partial charge in [-0.1, -0.05) is 60.7 Å². The highest BCUT2D eigenvalue weighted by molar-refractivity contribution is 5.50. The molecule has 2 aliphatic rings. The average Bonchev–Trinajstić information content (AvgIpc) is 2.82. The number of ether oxygens (including phenoxy) is 2. The monoisotopic (exact) mass is 429 g/mol. The second-order valence-electron chi connectivity index (χ2n) is 9.02. The van der Waals surface area contributed by atoms with Crippen LogP contribution in [0.1, 0.15) is 48.1 Å². The van der Waals surface area contributed by atoms with E-state index in [9.17, 15) is 5.11 Å². The van der Waals surface area contributed by atoms with Crippen molar-refractivity contribution >= 4 is 0 Å². The molecule has 0 spiro atoms. The molecular weight excluding hydrogens is 398 g/mol. The lowest BCUT2D eigenvalue weighted by atomic mass is 9.83. The molecule has 166 valence electrons. The van der Waals surface area contributed by atoms with Crippen LogP contribution in [0.25, 0.3) is 0 Å². The van der Waals surface area contributed by atoms with Gasteiger partial charge in [0.25, 0.3) is 0 Å². The summed E-state index contributed by atoms with van der Waals surface area (Å²) in [6.45, 7) is 4.25. The Morgan fingerprint density at radius 3 is 2.06 bits per heavy atom. The van der Waals surface area contributed by atoms with Gasteiger partial charge in [-0.3, -0.25) is 4.90 Å². The third kappa shape index (κ3) is 4.52. The van der Waals surface area contributed by atoms with Gasteiger partial charge in [-0.25, -0.2) is 0 Å². The van der Waals surface area contributed by atoms with Gasteiger partial charge in [0.05, 0.1) is 6.10 Å². The minimum absolute atomic E-state index is 0.236. The van der Waals surface area contributed by atoms with Gasteiger partial charge in [-0.2, -0.15) is 0 Å². The van der Waals surface area contributed by atoms with Crippen LogP contribution in [-0.2, 0) is 19.6 Å². The van der Waals surface area contributed by atoms with Crippen molar-refractivity contribution in [2.45, 2.75) is 57.6 Å². The van der Waals surface area contributed by atoms with Crippen molar-refractivity contribution in [1.29, 1.82) is 0 Å². The zero-order chi connectivity index (χ0) is 21.9. The van der Waals surface area contributed by atoms with Gasteiger partial charge in [-0.15, -0.1) is 0 Å². The maximum Gasteiger partial charge on any atom is 0.162 e. The number of nitrogens with zero attached hydrogens (tertiary/aromatic N) is 1. The van der Waals surface area contributed by atoms with Crippen molar-refractivity contribution in [3.8, 4) is 11.5 Å². The quantitative estimate of drug-likeness (QED) is 0.578. The van der Waals surface area contributed by atoms with Crippen LogP contribution in [0, 0.1) is 0 Å². The second kappa shape index (κ2) is 9.35. The Morgan fingerprint density at radius 1 is 0.844 bits per heavy atom.